The van der Waals surface area contributed by atoms with Gasteiger partial charge < -0.3 is 4.74 Å². The third-order valence-electron chi connectivity index (χ3n) is 2.46. The van der Waals surface area contributed by atoms with Crippen molar-refractivity contribution in [1.29, 1.82) is 0 Å². The number of ether oxygens (including phenoxy) is 1. The molecule has 0 saturated carbocycles. The highest BCUT2D eigenvalue weighted by Crippen LogP contribution is 2.22. The summed E-state index contributed by atoms with van der Waals surface area (Å²) >= 11 is 0. The fraction of sp³-hybridized carbons (Fsp3) is 0.273. The van der Waals surface area contributed by atoms with Crippen molar-refractivity contribution in [3.8, 4) is 0 Å². The molecule has 0 radical (unpaired) electrons. The Balaban J connectivity index is 2.80. The van der Waals surface area contributed by atoms with Gasteiger partial charge in [-0.15, -0.1) is 0 Å². The van der Waals surface area contributed by atoms with E-state index >= 15 is 0 Å². The van der Waals surface area contributed by atoms with Crippen LogP contribution in [0, 0.1) is 6.92 Å². The van der Waals surface area contributed by atoms with Crippen molar-refractivity contribution in [2.24, 2.45) is 7.05 Å². The SMILES string of the molecule is COC(=O)c1cccc2c1c(C)nn2C. The number of rotatable bonds is 1. The molecule has 0 amide bonds. The maximum Gasteiger partial charge on any atom is 0.338 e. The molecule has 2 aromatic rings. The lowest BCUT2D eigenvalue weighted by molar-refractivity contribution is 0.0603. The first kappa shape index (κ1) is 9.71. The van der Waals surface area contributed by atoms with Crippen LogP contribution in [0.3, 0.4) is 0 Å². The van der Waals surface area contributed by atoms with E-state index in [0.717, 1.165) is 16.6 Å². The van der Waals surface area contributed by atoms with Gasteiger partial charge in [0.25, 0.3) is 0 Å². The van der Waals surface area contributed by atoms with Crippen molar-refractivity contribution in [3.05, 3.63) is 29.5 Å². The molecule has 15 heavy (non-hydrogen) atoms. The second-order valence-electron chi connectivity index (χ2n) is 3.40. The summed E-state index contributed by atoms with van der Waals surface area (Å²) in [6.45, 7) is 1.88. The molecule has 1 heterocycles. The van der Waals surface area contributed by atoms with Crippen LogP contribution in [-0.2, 0) is 11.8 Å². The lowest BCUT2D eigenvalue weighted by Gasteiger charge is -2.01. The molecule has 0 saturated heterocycles. The number of hydrogen-bond acceptors (Lipinski definition) is 3. The van der Waals surface area contributed by atoms with E-state index in [1.165, 1.54) is 7.11 Å². The Morgan fingerprint density at radius 2 is 2.20 bits per heavy atom. The Bertz CT molecular complexity index is 529. The summed E-state index contributed by atoms with van der Waals surface area (Å²) in [5, 5.41) is 5.14. The van der Waals surface area contributed by atoms with Crippen LogP contribution in [-0.4, -0.2) is 22.9 Å². The van der Waals surface area contributed by atoms with E-state index in [2.05, 4.69) is 5.10 Å². The fourth-order valence-corrected chi connectivity index (χ4v) is 1.80. The van der Waals surface area contributed by atoms with Crippen LogP contribution in [0.5, 0.6) is 0 Å². The maximum atomic E-state index is 11.5. The molecule has 78 valence electrons. The van der Waals surface area contributed by atoms with E-state index < -0.39 is 0 Å². The normalized spacial score (nSPS) is 10.6. The lowest BCUT2D eigenvalue weighted by Crippen LogP contribution is -2.01. The number of carbonyl (C=O) groups is 1. The van der Waals surface area contributed by atoms with E-state index in [9.17, 15) is 4.79 Å². The Labute approximate surface area is 87.5 Å². The van der Waals surface area contributed by atoms with Gasteiger partial charge in [0.2, 0.25) is 0 Å². The highest BCUT2D eigenvalue weighted by Gasteiger charge is 2.14. The molecule has 1 aromatic carbocycles. The second-order valence-corrected chi connectivity index (χ2v) is 3.40. The molecule has 0 N–H and O–H groups in total. The molecule has 0 aliphatic carbocycles. The average Bonchev–Trinajstić information content (AvgIpc) is 2.54. The first-order valence-electron chi connectivity index (χ1n) is 4.65. The summed E-state index contributed by atoms with van der Waals surface area (Å²) in [4.78, 5) is 11.5. The smallest absolute Gasteiger partial charge is 0.338 e. The number of fused-ring (bicyclic) bond motifs is 1. The number of benzene rings is 1. The van der Waals surface area contributed by atoms with Crippen molar-refractivity contribution < 1.29 is 9.53 Å². The number of hydrogen-bond donors (Lipinski definition) is 0. The number of methoxy groups -OCH3 is 1. The van der Waals surface area contributed by atoms with Gasteiger partial charge in [-0.1, -0.05) is 6.07 Å². The van der Waals surface area contributed by atoms with Crippen LogP contribution < -0.4 is 0 Å². The van der Waals surface area contributed by atoms with E-state index in [-0.39, 0.29) is 5.97 Å². The third kappa shape index (κ3) is 1.38. The van der Waals surface area contributed by atoms with Crippen LogP contribution in [0.25, 0.3) is 10.9 Å². The van der Waals surface area contributed by atoms with Gasteiger partial charge >= 0.3 is 5.97 Å². The molecule has 4 heteroatoms. The maximum absolute atomic E-state index is 11.5. The summed E-state index contributed by atoms with van der Waals surface area (Å²) in [5.41, 5.74) is 2.35. The minimum Gasteiger partial charge on any atom is -0.465 e. The fourth-order valence-electron chi connectivity index (χ4n) is 1.80. The Morgan fingerprint density at radius 1 is 1.47 bits per heavy atom. The molecule has 4 nitrogen and oxygen atoms in total. The molecule has 1 aromatic heterocycles. The first-order valence-corrected chi connectivity index (χ1v) is 4.65. The summed E-state index contributed by atoms with van der Waals surface area (Å²) < 4.78 is 6.49. The number of aryl methyl sites for hydroxylation is 2. The van der Waals surface area contributed by atoms with Crippen LogP contribution in [0.15, 0.2) is 18.2 Å². The summed E-state index contributed by atoms with van der Waals surface area (Å²) in [5.74, 6) is -0.322. The predicted molar refractivity (Wildman–Crippen MR) is 56.8 cm³/mol. The number of esters is 1. The number of aromatic nitrogens is 2. The zero-order chi connectivity index (χ0) is 11.0. The van der Waals surface area contributed by atoms with Crippen molar-refractivity contribution in [2.45, 2.75) is 6.92 Å². The lowest BCUT2D eigenvalue weighted by atomic mass is 10.1. The minimum absolute atomic E-state index is 0.322. The zero-order valence-electron chi connectivity index (χ0n) is 8.94. The van der Waals surface area contributed by atoms with Gasteiger partial charge in [0.1, 0.15) is 0 Å². The van der Waals surface area contributed by atoms with Gasteiger partial charge in [-0.25, -0.2) is 4.79 Å². The predicted octanol–water partition coefficient (Wildman–Crippen LogP) is 1.67. The van der Waals surface area contributed by atoms with E-state index in [0.29, 0.717) is 5.56 Å². The topological polar surface area (TPSA) is 44.1 Å². The summed E-state index contributed by atoms with van der Waals surface area (Å²) in [6.07, 6.45) is 0. The Morgan fingerprint density at radius 3 is 2.87 bits per heavy atom. The summed E-state index contributed by atoms with van der Waals surface area (Å²) in [7, 11) is 3.24. The molecule has 0 aliphatic heterocycles. The first-order chi connectivity index (χ1) is 7.15. The second kappa shape index (κ2) is 3.38. The van der Waals surface area contributed by atoms with Gasteiger partial charge in [0, 0.05) is 12.4 Å². The zero-order valence-corrected chi connectivity index (χ0v) is 8.94. The Hall–Kier alpha value is -1.84. The molecular formula is C11H12N2O2. The van der Waals surface area contributed by atoms with Crippen LogP contribution in [0.2, 0.25) is 0 Å². The van der Waals surface area contributed by atoms with Gasteiger partial charge in [-0.05, 0) is 19.1 Å². The quantitative estimate of drug-likeness (QED) is 0.664. The molecular weight excluding hydrogens is 192 g/mol. The van der Waals surface area contributed by atoms with Crippen molar-refractivity contribution in [2.75, 3.05) is 7.11 Å². The van der Waals surface area contributed by atoms with Crippen LogP contribution >= 0.6 is 0 Å². The molecule has 2 rings (SSSR count). The van der Waals surface area contributed by atoms with Gasteiger partial charge in [0.15, 0.2) is 0 Å². The molecule has 0 atom stereocenters. The highest BCUT2D eigenvalue weighted by molar-refractivity contribution is 6.04. The average molecular weight is 204 g/mol. The molecule has 0 unspecified atom stereocenters. The van der Waals surface area contributed by atoms with E-state index in [4.69, 9.17) is 4.74 Å². The monoisotopic (exact) mass is 204 g/mol. The van der Waals surface area contributed by atoms with E-state index in [1.54, 1.807) is 10.7 Å². The molecule has 0 bridgehead atoms. The van der Waals surface area contributed by atoms with Crippen LogP contribution in [0.1, 0.15) is 16.1 Å². The third-order valence-corrected chi connectivity index (χ3v) is 2.46. The largest absolute Gasteiger partial charge is 0.465 e. The van der Waals surface area contributed by atoms with Gasteiger partial charge in [-0.2, -0.15) is 5.10 Å². The number of nitrogens with zero attached hydrogens (tertiary/aromatic N) is 2. The van der Waals surface area contributed by atoms with Crippen LogP contribution in [0.4, 0.5) is 0 Å². The minimum atomic E-state index is -0.322. The summed E-state index contributed by atoms with van der Waals surface area (Å²) in [6, 6.07) is 5.51. The van der Waals surface area contributed by atoms with Crippen molar-refractivity contribution in [3.63, 3.8) is 0 Å². The Kier molecular flexibility index (Phi) is 2.19. The van der Waals surface area contributed by atoms with Gasteiger partial charge in [0.05, 0.1) is 23.9 Å². The molecule has 0 aliphatic rings. The molecule has 0 fully saturated rings. The van der Waals surface area contributed by atoms with E-state index in [1.807, 2.05) is 26.1 Å². The standard InChI is InChI=1S/C11H12N2O2/c1-7-10-8(11(14)15-3)5-4-6-9(10)13(2)12-7/h4-6H,1-3H3. The number of carbonyl (C=O) groups excluding carboxylic acids is 1. The molecule has 0 spiro atoms. The van der Waals surface area contributed by atoms with Crippen molar-refractivity contribution in [1.82, 2.24) is 9.78 Å². The highest BCUT2D eigenvalue weighted by atomic mass is 16.5. The van der Waals surface area contributed by atoms with Crippen molar-refractivity contribution >= 4 is 16.9 Å². The van der Waals surface area contributed by atoms with Gasteiger partial charge in [-0.3, -0.25) is 4.68 Å².